The van der Waals surface area contributed by atoms with E-state index in [0.29, 0.717) is 0 Å². The van der Waals surface area contributed by atoms with Crippen LogP contribution in [0.1, 0.15) is 24.3 Å². The second-order valence-electron chi connectivity index (χ2n) is 4.15. The Labute approximate surface area is 107 Å². The van der Waals surface area contributed by atoms with Gasteiger partial charge in [0, 0.05) is 18.2 Å². The van der Waals surface area contributed by atoms with Crippen LogP contribution < -0.4 is 10.9 Å². The highest BCUT2D eigenvalue weighted by atomic mass is 16.4. The standard InChI is InChI=1S/C11H11N3O5/c15-8-2-1-6(10(18)13-8)7-3-4-12-14(11(7)19)5-9(16)17/h3-4,6H,1-2,5H2,(H,16,17)(H,13,15,18). The number of rotatable bonds is 3. The third kappa shape index (κ3) is 2.67. The summed E-state index contributed by atoms with van der Waals surface area (Å²) in [6, 6.07) is 1.38. The number of piperidine rings is 1. The minimum absolute atomic E-state index is 0.150. The predicted octanol–water partition coefficient (Wildman–Crippen LogP) is -1.15. The topological polar surface area (TPSA) is 118 Å². The monoisotopic (exact) mass is 265 g/mol. The van der Waals surface area contributed by atoms with E-state index in [1.54, 1.807) is 0 Å². The van der Waals surface area contributed by atoms with Crippen molar-refractivity contribution in [3.8, 4) is 0 Å². The highest BCUT2D eigenvalue weighted by Crippen LogP contribution is 2.21. The van der Waals surface area contributed by atoms with Crippen molar-refractivity contribution in [3.05, 3.63) is 28.2 Å². The average Bonchev–Trinajstić information content (AvgIpc) is 2.32. The summed E-state index contributed by atoms with van der Waals surface area (Å²) in [6.45, 7) is -0.570. The Kier molecular flexibility index (Phi) is 3.41. The summed E-state index contributed by atoms with van der Waals surface area (Å²) in [5.41, 5.74) is -0.472. The molecule has 1 aliphatic rings. The molecule has 2 amide bonds. The first kappa shape index (κ1) is 12.9. The Bertz CT molecular complexity index is 607. The summed E-state index contributed by atoms with van der Waals surface area (Å²) < 4.78 is 0.779. The number of aliphatic carboxylic acids is 1. The number of imide groups is 1. The van der Waals surface area contributed by atoms with E-state index in [-0.39, 0.29) is 24.3 Å². The van der Waals surface area contributed by atoms with Gasteiger partial charge in [-0.15, -0.1) is 0 Å². The maximum absolute atomic E-state index is 12.0. The number of hydrogen-bond donors (Lipinski definition) is 2. The molecule has 0 spiro atoms. The van der Waals surface area contributed by atoms with E-state index >= 15 is 0 Å². The molecule has 1 saturated heterocycles. The molecule has 1 fully saturated rings. The molecule has 2 heterocycles. The van der Waals surface area contributed by atoms with Gasteiger partial charge in [0.2, 0.25) is 11.8 Å². The Morgan fingerprint density at radius 2 is 2.21 bits per heavy atom. The van der Waals surface area contributed by atoms with Crippen molar-refractivity contribution in [2.24, 2.45) is 0 Å². The van der Waals surface area contributed by atoms with E-state index in [1.165, 1.54) is 12.3 Å². The van der Waals surface area contributed by atoms with Crippen LogP contribution in [0.15, 0.2) is 17.1 Å². The second kappa shape index (κ2) is 5.01. The highest BCUT2D eigenvalue weighted by molar-refractivity contribution is 6.00. The number of carbonyl (C=O) groups excluding carboxylic acids is 2. The van der Waals surface area contributed by atoms with Crippen molar-refractivity contribution in [1.29, 1.82) is 0 Å². The molecule has 1 aliphatic heterocycles. The van der Waals surface area contributed by atoms with Crippen molar-refractivity contribution in [1.82, 2.24) is 15.1 Å². The van der Waals surface area contributed by atoms with Gasteiger partial charge in [0.25, 0.3) is 5.56 Å². The summed E-state index contributed by atoms with van der Waals surface area (Å²) in [5.74, 6) is -2.86. The molecule has 0 saturated carbocycles. The molecule has 0 radical (unpaired) electrons. The van der Waals surface area contributed by atoms with E-state index in [2.05, 4.69) is 10.4 Å². The van der Waals surface area contributed by atoms with E-state index in [9.17, 15) is 19.2 Å². The zero-order valence-corrected chi connectivity index (χ0v) is 9.83. The lowest BCUT2D eigenvalue weighted by Gasteiger charge is -2.20. The summed E-state index contributed by atoms with van der Waals surface area (Å²) in [5, 5.41) is 14.4. The zero-order chi connectivity index (χ0) is 14.0. The number of nitrogens with one attached hydrogen (secondary N) is 1. The SMILES string of the molecule is O=C(O)Cn1nccc(C2CCC(=O)NC2=O)c1=O. The van der Waals surface area contributed by atoms with Crippen molar-refractivity contribution in [2.45, 2.75) is 25.3 Å². The summed E-state index contributed by atoms with van der Waals surface area (Å²) in [4.78, 5) is 45.3. The molecule has 8 heteroatoms. The van der Waals surface area contributed by atoms with Gasteiger partial charge in [0.1, 0.15) is 6.54 Å². The van der Waals surface area contributed by atoms with Crippen LogP contribution in [-0.4, -0.2) is 32.7 Å². The molecule has 1 unspecified atom stereocenters. The van der Waals surface area contributed by atoms with E-state index in [4.69, 9.17) is 5.11 Å². The Morgan fingerprint density at radius 1 is 1.47 bits per heavy atom. The largest absolute Gasteiger partial charge is 0.480 e. The molecule has 1 aromatic heterocycles. The van der Waals surface area contributed by atoms with Gasteiger partial charge in [-0.1, -0.05) is 0 Å². The van der Waals surface area contributed by atoms with Crippen LogP contribution in [0.25, 0.3) is 0 Å². The highest BCUT2D eigenvalue weighted by Gasteiger charge is 2.30. The molecule has 0 bridgehead atoms. The molecule has 8 nitrogen and oxygen atoms in total. The Balaban J connectivity index is 2.35. The zero-order valence-electron chi connectivity index (χ0n) is 9.83. The van der Waals surface area contributed by atoms with Crippen molar-refractivity contribution < 1.29 is 19.5 Å². The normalized spacial score (nSPS) is 19.1. The van der Waals surface area contributed by atoms with Gasteiger partial charge in [-0.2, -0.15) is 5.10 Å². The maximum Gasteiger partial charge on any atom is 0.325 e. The van der Waals surface area contributed by atoms with Crippen LogP contribution in [0.3, 0.4) is 0 Å². The van der Waals surface area contributed by atoms with Crippen LogP contribution in [0.5, 0.6) is 0 Å². The lowest BCUT2D eigenvalue weighted by atomic mass is 9.92. The molecule has 1 aromatic rings. The molecule has 19 heavy (non-hydrogen) atoms. The number of carboxylic acid groups (broad SMARTS) is 1. The minimum Gasteiger partial charge on any atom is -0.480 e. The Morgan fingerprint density at radius 3 is 2.84 bits per heavy atom. The summed E-state index contributed by atoms with van der Waals surface area (Å²) in [6.07, 6.45) is 1.65. The molecule has 0 aromatic carbocycles. The van der Waals surface area contributed by atoms with E-state index < -0.39 is 29.9 Å². The van der Waals surface area contributed by atoms with Gasteiger partial charge in [-0.05, 0) is 12.5 Å². The second-order valence-corrected chi connectivity index (χ2v) is 4.15. The fourth-order valence-corrected chi connectivity index (χ4v) is 1.96. The summed E-state index contributed by atoms with van der Waals surface area (Å²) in [7, 11) is 0. The molecular formula is C11H11N3O5. The molecule has 2 rings (SSSR count). The number of aromatic nitrogens is 2. The van der Waals surface area contributed by atoms with E-state index in [0.717, 1.165) is 4.68 Å². The molecule has 1 atom stereocenters. The van der Waals surface area contributed by atoms with Gasteiger partial charge in [0.15, 0.2) is 0 Å². The van der Waals surface area contributed by atoms with Crippen molar-refractivity contribution in [3.63, 3.8) is 0 Å². The van der Waals surface area contributed by atoms with Gasteiger partial charge in [-0.25, -0.2) is 4.68 Å². The van der Waals surface area contributed by atoms with Gasteiger partial charge in [-0.3, -0.25) is 24.5 Å². The third-order valence-electron chi connectivity index (χ3n) is 2.84. The first-order valence-electron chi connectivity index (χ1n) is 5.60. The molecular weight excluding hydrogens is 254 g/mol. The van der Waals surface area contributed by atoms with Gasteiger partial charge >= 0.3 is 5.97 Å². The Hall–Kier alpha value is -2.51. The number of hydrogen-bond acceptors (Lipinski definition) is 5. The number of carboxylic acids is 1. The quantitative estimate of drug-likeness (QED) is 0.666. The van der Waals surface area contributed by atoms with Crippen LogP contribution in [-0.2, 0) is 20.9 Å². The van der Waals surface area contributed by atoms with Crippen LogP contribution in [0.4, 0.5) is 0 Å². The molecule has 0 aliphatic carbocycles. The maximum atomic E-state index is 12.0. The van der Waals surface area contributed by atoms with Crippen molar-refractivity contribution in [2.75, 3.05) is 0 Å². The first-order valence-corrected chi connectivity index (χ1v) is 5.60. The predicted molar refractivity (Wildman–Crippen MR) is 61.3 cm³/mol. The molecule has 100 valence electrons. The van der Waals surface area contributed by atoms with Crippen molar-refractivity contribution >= 4 is 17.8 Å². The first-order chi connectivity index (χ1) is 8.99. The van der Waals surface area contributed by atoms with Gasteiger partial charge in [0.05, 0.1) is 5.92 Å². The van der Waals surface area contributed by atoms with E-state index in [1.807, 2.05) is 0 Å². The number of nitrogens with zero attached hydrogens (tertiary/aromatic N) is 2. The number of carbonyl (C=O) groups is 3. The van der Waals surface area contributed by atoms with Gasteiger partial charge < -0.3 is 5.11 Å². The smallest absolute Gasteiger partial charge is 0.325 e. The number of amides is 2. The van der Waals surface area contributed by atoms with Crippen LogP contribution in [0.2, 0.25) is 0 Å². The fraction of sp³-hybridized carbons (Fsp3) is 0.364. The fourth-order valence-electron chi connectivity index (χ4n) is 1.96. The summed E-state index contributed by atoms with van der Waals surface area (Å²) >= 11 is 0. The molecule has 2 N–H and O–H groups in total. The third-order valence-corrected chi connectivity index (χ3v) is 2.84. The average molecular weight is 265 g/mol. The minimum atomic E-state index is -1.20. The van der Waals surface area contributed by atoms with Crippen LogP contribution in [0, 0.1) is 0 Å². The lowest BCUT2D eigenvalue weighted by molar-refractivity contribution is -0.138. The lowest BCUT2D eigenvalue weighted by Crippen LogP contribution is -2.42. The van der Waals surface area contributed by atoms with Crippen LogP contribution >= 0.6 is 0 Å².